The van der Waals surface area contributed by atoms with Crippen LogP contribution in [0.15, 0.2) is 48.5 Å². The van der Waals surface area contributed by atoms with Crippen molar-refractivity contribution in [1.29, 1.82) is 0 Å². The van der Waals surface area contributed by atoms with Gasteiger partial charge >= 0.3 is 6.03 Å². The van der Waals surface area contributed by atoms with Crippen LogP contribution in [0.3, 0.4) is 0 Å². The number of tetrazole rings is 1. The third kappa shape index (κ3) is 4.35. The third-order valence-corrected chi connectivity index (χ3v) is 4.93. The van der Waals surface area contributed by atoms with Crippen LogP contribution in [0.1, 0.15) is 12.8 Å². The molecule has 0 aliphatic carbocycles. The number of carbonyl (C=O) groups is 2. The molecule has 9 nitrogen and oxygen atoms in total. The minimum Gasteiger partial charge on any atom is -0.324 e. The summed E-state index contributed by atoms with van der Waals surface area (Å²) < 4.78 is 0. The van der Waals surface area contributed by atoms with E-state index in [0.717, 1.165) is 12.0 Å². The molecule has 1 fully saturated rings. The van der Waals surface area contributed by atoms with Crippen molar-refractivity contribution in [3.63, 3.8) is 0 Å². The normalized spacial score (nSPS) is 15.9. The van der Waals surface area contributed by atoms with Gasteiger partial charge in [-0.1, -0.05) is 11.6 Å². The smallest absolute Gasteiger partial charge is 0.322 e. The molecular formula is C19H18ClN7O2. The number of H-pyrrole nitrogens is 1. The van der Waals surface area contributed by atoms with E-state index >= 15 is 0 Å². The minimum atomic E-state index is -0.527. The highest BCUT2D eigenvalue weighted by atomic mass is 35.5. The predicted molar refractivity (Wildman–Crippen MR) is 108 cm³/mol. The standard InChI is InChI=1S/C19H18ClN7O2/c20-13-5-9-15(10-6-13)22-19(29)27-11-1-2-16(27)18(28)21-14-7-3-12(4-8-14)17-23-25-26-24-17/h3-10,16H,1-2,11H2,(H,21,28)(H,22,29)(H,23,24,25,26). The number of aromatic amines is 1. The first kappa shape index (κ1) is 18.9. The first-order valence-corrected chi connectivity index (χ1v) is 9.46. The Morgan fingerprint density at radius 3 is 2.41 bits per heavy atom. The van der Waals surface area contributed by atoms with E-state index in [0.29, 0.717) is 35.2 Å². The summed E-state index contributed by atoms with van der Waals surface area (Å²) in [6.45, 7) is 0.523. The van der Waals surface area contributed by atoms with Gasteiger partial charge in [0, 0.05) is 28.5 Å². The Hall–Kier alpha value is -3.46. The van der Waals surface area contributed by atoms with E-state index in [-0.39, 0.29) is 11.9 Å². The molecule has 0 spiro atoms. The number of nitrogens with zero attached hydrogens (tertiary/aromatic N) is 4. The zero-order valence-electron chi connectivity index (χ0n) is 15.3. The Balaban J connectivity index is 1.39. The summed E-state index contributed by atoms with van der Waals surface area (Å²) in [5.41, 5.74) is 2.07. The average Bonchev–Trinajstić information content (AvgIpc) is 3.42. The molecule has 2 heterocycles. The zero-order chi connectivity index (χ0) is 20.2. The Morgan fingerprint density at radius 1 is 1.03 bits per heavy atom. The molecular weight excluding hydrogens is 394 g/mol. The highest BCUT2D eigenvalue weighted by Gasteiger charge is 2.34. The first-order chi connectivity index (χ1) is 14.1. The Bertz CT molecular complexity index is 990. The van der Waals surface area contributed by atoms with E-state index in [4.69, 9.17) is 11.6 Å². The SMILES string of the molecule is O=C(Nc1ccc(-c2nnn[nH]2)cc1)C1CCCN1C(=O)Nc1ccc(Cl)cc1. The molecule has 3 N–H and O–H groups in total. The molecule has 1 atom stereocenters. The van der Waals surface area contributed by atoms with Crippen molar-refractivity contribution >= 4 is 34.9 Å². The maximum atomic E-state index is 12.8. The molecule has 4 rings (SSSR count). The molecule has 10 heteroatoms. The van der Waals surface area contributed by atoms with Gasteiger partial charge in [0.15, 0.2) is 5.82 Å². The van der Waals surface area contributed by atoms with Crippen LogP contribution in [0.5, 0.6) is 0 Å². The van der Waals surface area contributed by atoms with Gasteiger partial charge in [-0.3, -0.25) is 4.79 Å². The van der Waals surface area contributed by atoms with Gasteiger partial charge in [0.1, 0.15) is 6.04 Å². The number of likely N-dealkylation sites (tertiary alicyclic amines) is 1. The minimum absolute atomic E-state index is 0.220. The Kier molecular flexibility index (Phi) is 5.39. The van der Waals surface area contributed by atoms with Crippen LogP contribution in [0.4, 0.5) is 16.2 Å². The van der Waals surface area contributed by atoms with Crippen LogP contribution in [-0.2, 0) is 4.79 Å². The van der Waals surface area contributed by atoms with Gasteiger partial charge in [0.2, 0.25) is 5.91 Å². The van der Waals surface area contributed by atoms with Crippen molar-refractivity contribution in [2.24, 2.45) is 0 Å². The lowest BCUT2D eigenvalue weighted by atomic mass is 10.1. The maximum Gasteiger partial charge on any atom is 0.322 e. The molecule has 1 saturated heterocycles. The Labute approximate surface area is 171 Å². The van der Waals surface area contributed by atoms with Crippen molar-refractivity contribution in [2.75, 3.05) is 17.2 Å². The molecule has 1 unspecified atom stereocenters. The fraction of sp³-hybridized carbons (Fsp3) is 0.211. The highest BCUT2D eigenvalue weighted by molar-refractivity contribution is 6.30. The summed E-state index contributed by atoms with van der Waals surface area (Å²) in [5, 5.41) is 19.9. The lowest BCUT2D eigenvalue weighted by molar-refractivity contribution is -0.119. The molecule has 148 valence electrons. The van der Waals surface area contributed by atoms with Gasteiger partial charge in [0.05, 0.1) is 0 Å². The number of rotatable bonds is 4. The van der Waals surface area contributed by atoms with Crippen LogP contribution in [0, 0.1) is 0 Å². The van der Waals surface area contributed by atoms with Gasteiger partial charge in [0.25, 0.3) is 0 Å². The van der Waals surface area contributed by atoms with E-state index in [1.165, 1.54) is 0 Å². The van der Waals surface area contributed by atoms with Gasteiger partial charge in [-0.05, 0) is 71.8 Å². The number of amides is 3. The molecule has 1 aliphatic rings. The molecule has 1 aromatic heterocycles. The predicted octanol–water partition coefficient (Wildman–Crippen LogP) is 3.16. The van der Waals surface area contributed by atoms with E-state index in [2.05, 4.69) is 31.3 Å². The summed E-state index contributed by atoms with van der Waals surface area (Å²) in [5.74, 6) is 0.326. The number of urea groups is 1. The lowest BCUT2D eigenvalue weighted by Gasteiger charge is -2.24. The summed E-state index contributed by atoms with van der Waals surface area (Å²) in [6, 6.07) is 13.1. The van der Waals surface area contributed by atoms with Crippen LogP contribution < -0.4 is 10.6 Å². The van der Waals surface area contributed by atoms with Crippen molar-refractivity contribution < 1.29 is 9.59 Å². The van der Waals surface area contributed by atoms with Crippen molar-refractivity contribution in [3.05, 3.63) is 53.6 Å². The number of benzene rings is 2. The molecule has 0 saturated carbocycles. The Morgan fingerprint density at radius 2 is 1.72 bits per heavy atom. The highest BCUT2D eigenvalue weighted by Crippen LogP contribution is 2.22. The van der Waals surface area contributed by atoms with Crippen molar-refractivity contribution in [2.45, 2.75) is 18.9 Å². The number of halogens is 1. The third-order valence-electron chi connectivity index (χ3n) is 4.68. The monoisotopic (exact) mass is 411 g/mol. The fourth-order valence-electron chi connectivity index (χ4n) is 3.23. The molecule has 3 aromatic rings. The van der Waals surface area contributed by atoms with Gasteiger partial charge < -0.3 is 15.5 Å². The average molecular weight is 412 g/mol. The van der Waals surface area contributed by atoms with Crippen molar-refractivity contribution in [1.82, 2.24) is 25.5 Å². The van der Waals surface area contributed by atoms with Crippen LogP contribution >= 0.6 is 11.6 Å². The molecule has 0 radical (unpaired) electrons. The van der Waals surface area contributed by atoms with Gasteiger partial charge in [-0.25, -0.2) is 9.89 Å². The molecule has 29 heavy (non-hydrogen) atoms. The van der Waals surface area contributed by atoms with E-state index in [1.807, 2.05) is 0 Å². The van der Waals surface area contributed by atoms with Gasteiger partial charge in [-0.15, -0.1) is 5.10 Å². The summed E-state index contributed by atoms with van der Waals surface area (Å²) >= 11 is 5.87. The lowest BCUT2D eigenvalue weighted by Crippen LogP contribution is -2.45. The van der Waals surface area contributed by atoms with Crippen LogP contribution in [0.2, 0.25) is 5.02 Å². The second kappa shape index (κ2) is 8.27. The molecule has 2 aromatic carbocycles. The number of carbonyl (C=O) groups excluding carboxylic acids is 2. The molecule has 1 aliphatic heterocycles. The maximum absolute atomic E-state index is 12.8. The number of hydrogen-bond donors (Lipinski definition) is 3. The second-order valence-electron chi connectivity index (χ2n) is 6.60. The summed E-state index contributed by atoms with van der Waals surface area (Å²) in [7, 11) is 0. The number of hydrogen-bond acceptors (Lipinski definition) is 5. The largest absolute Gasteiger partial charge is 0.324 e. The number of nitrogens with one attached hydrogen (secondary N) is 3. The summed E-state index contributed by atoms with van der Waals surface area (Å²) in [4.78, 5) is 26.9. The number of aromatic nitrogens is 4. The van der Waals surface area contributed by atoms with Gasteiger partial charge in [-0.2, -0.15) is 0 Å². The number of anilines is 2. The fourth-order valence-corrected chi connectivity index (χ4v) is 3.36. The van der Waals surface area contributed by atoms with Crippen LogP contribution in [0.25, 0.3) is 11.4 Å². The van der Waals surface area contributed by atoms with E-state index in [9.17, 15) is 9.59 Å². The van der Waals surface area contributed by atoms with Crippen molar-refractivity contribution in [3.8, 4) is 11.4 Å². The first-order valence-electron chi connectivity index (χ1n) is 9.08. The molecule has 0 bridgehead atoms. The van der Waals surface area contributed by atoms with E-state index < -0.39 is 6.04 Å². The zero-order valence-corrected chi connectivity index (χ0v) is 16.1. The topological polar surface area (TPSA) is 116 Å². The van der Waals surface area contributed by atoms with Crippen LogP contribution in [-0.4, -0.2) is 50.0 Å². The quantitative estimate of drug-likeness (QED) is 0.609. The van der Waals surface area contributed by atoms with E-state index in [1.54, 1.807) is 53.4 Å². The summed E-state index contributed by atoms with van der Waals surface area (Å²) in [6.07, 6.45) is 1.38. The second-order valence-corrected chi connectivity index (χ2v) is 7.04. The molecule has 3 amide bonds.